The van der Waals surface area contributed by atoms with Gasteiger partial charge < -0.3 is 19.7 Å². The van der Waals surface area contributed by atoms with Crippen molar-refractivity contribution in [1.29, 1.82) is 0 Å². The Hall–Kier alpha value is -3.07. The van der Waals surface area contributed by atoms with Crippen LogP contribution in [0, 0.1) is 0 Å². The smallest absolute Gasteiger partial charge is 0.225 e. The van der Waals surface area contributed by atoms with Gasteiger partial charge in [-0.25, -0.2) is 8.42 Å². The Labute approximate surface area is 182 Å². The predicted octanol–water partition coefficient (Wildman–Crippen LogP) is 2.80. The van der Waals surface area contributed by atoms with Crippen LogP contribution in [0.5, 0.6) is 11.5 Å². The van der Waals surface area contributed by atoms with E-state index in [1.54, 1.807) is 35.2 Å². The fraction of sp³-hybridized carbons (Fsp3) is 0.364. The predicted molar refractivity (Wildman–Crippen MR) is 118 cm³/mol. The van der Waals surface area contributed by atoms with Gasteiger partial charge >= 0.3 is 0 Å². The lowest BCUT2D eigenvalue weighted by Gasteiger charge is -2.17. The summed E-state index contributed by atoms with van der Waals surface area (Å²) in [6.45, 7) is 3.53. The first-order chi connectivity index (χ1) is 14.7. The minimum absolute atomic E-state index is 0.0765. The molecule has 0 fully saturated rings. The second-order valence-corrected chi connectivity index (χ2v) is 9.75. The molecule has 1 unspecified atom stereocenters. The van der Waals surface area contributed by atoms with Crippen molar-refractivity contribution < 1.29 is 27.5 Å². The number of hydrogen-bond acceptors (Lipinski definition) is 6. The van der Waals surface area contributed by atoms with E-state index in [4.69, 9.17) is 9.47 Å². The first-order valence-electron chi connectivity index (χ1n) is 9.84. The molecule has 0 saturated heterocycles. The van der Waals surface area contributed by atoms with Crippen molar-refractivity contribution in [2.24, 2.45) is 0 Å². The number of amides is 2. The van der Waals surface area contributed by atoms with E-state index in [9.17, 15) is 18.0 Å². The minimum atomic E-state index is -3.73. The van der Waals surface area contributed by atoms with Crippen LogP contribution in [0.25, 0.3) is 0 Å². The zero-order valence-electron chi connectivity index (χ0n) is 18.0. The quantitative estimate of drug-likeness (QED) is 0.702. The second-order valence-electron chi connectivity index (χ2n) is 7.39. The van der Waals surface area contributed by atoms with E-state index < -0.39 is 21.0 Å². The number of fused-ring (bicyclic) bond motifs is 1. The van der Waals surface area contributed by atoms with E-state index in [0.29, 0.717) is 30.2 Å². The van der Waals surface area contributed by atoms with Gasteiger partial charge in [-0.15, -0.1) is 0 Å². The number of methoxy groups -OCH3 is 2. The number of benzene rings is 2. The van der Waals surface area contributed by atoms with Crippen molar-refractivity contribution in [2.75, 3.05) is 31.0 Å². The summed E-state index contributed by atoms with van der Waals surface area (Å²) in [5.74, 6) is 0.451. The molecule has 1 heterocycles. The van der Waals surface area contributed by atoms with Crippen molar-refractivity contribution in [1.82, 2.24) is 0 Å². The largest absolute Gasteiger partial charge is 0.497 e. The number of carbonyl (C=O) groups is 2. The molecule has 2 aromatic carbocycles. The highest BCUT2D eigenvalue weighted by Gasteiger charge is 2.29. The molecule has 1 N–H and O–H groups in total. The average Bonchev–Trinajstić information content (AvgIpc) is 3.17. The summed E-state index contributed by atoms with van der Waals surface area (Å²) in [5, 5.41) is 1.76. The molecular weight excluding hydrogens is 420 g/mol. The van der Waals surface area contributed by atoms with Gasteiger partial charge in [0.05, 0.1) is 30.1 Å². The highest BCUT2D eigenvalue weighted by Crippen LogP contribution is 2.32. The third-order valence-corrected chi connectivity index (χ3v) is 7.48. The Morgan fingerprint density at radius 2 is 1.87 bits per heavy atom. The highest BCUT2D eigenvalue weighted by atomic mass is 32.2. The molecular formula is C22H26N2O6S. The molecule has 1 aliphatic rings. The molecule has 1 atom stereocenters. The van der Waals surface area contributed by atoms with Gasteiger partial charge in [0.1, 0.15) is 11.5 Å². The molecule has 0 aromatic heterocycles. The van der Waals surface area contributed by atoms with Crippen molar-refractivity contribution >= 4 is 33.0 Å². The van der Waals surface area contributed by atoms with Gasteiger partial charge in [-0.1, -0.05) is 0 Å². The second kappa shape index (κ2) is 8.97. The van der Waals surface area contributed by atoms with Crippen LogP contribution in [0.15, 0.2) is 41.3 Å². The molecule has 2 amide bonds. The standard InChI is InChI=1S/C22H26N2O6S/c1-14(11-22(26)23-19-13-17(29-3)5-8-21(19)30-4)31(27,28)18-6-7-20-16(12-18)9-10-24(20)15(2)25/h5-8,12-14H,9-11H2,1-4H3,(H,23,26). The van der Waals surface area contributed by atoms with Gasteiger partial charge in [0, 0.05) is 31.6 Å². The molecule has 2 aromatic rings. The SMILES string of the molecule is COc1ccc(OC)c(NC(=O)CC(C)S(=O)(=O)c2ccc3c(c2)CCN3C(C)=O)c1. The van der Waals surface area contributed by atoms with E-state index >= 15 is 0 Å². The van der Waals surface area contributed by atoms with E-state index in [-0.39, 0.29) is 17.2 Å². The van der Waals surface area contributed by atoms with Crippen LogP contribution in [0.3, 0.4) is 0 Å². The maximum Gasteiger partial charge on any atom is 0.225 e. The summed E-state index contributed by atoms with van der Waals surface area (Å²) < 4.78 is 36.5. The molecule has 31 heavy (non-hydrogen) atoms. The summed E-state index contributed by atoms with van der Waals surface area (Å²) in [6.07, 6.45) is 0.377. The molecule has 0 radical (unpaired) electrons. The lowest BCUT2D eigenvalue weighted by atomic mass is 10.2. The average molecular weight is 447 g/mol. The highest BCUT2D eigenvalue weighted by molar-refractivity contribution is 7.92. The molecule has 3 rings (SSSR count). The Bertz CT molecular complexity index is 1110. The summed E-state index contributed by atoms with van der Waals surface area (Å²) in [5.41, 5.74) is 1.95. The normalized spacial score (nSPS) is 14.0. The van der Waals surface area contributed by atoms with Crippen LogP contribution in [0.4, 0.5) is 11.4 Å². The summed E-state index contributed by atoms with van der Waals surface area (Å²) in [4.78, 5) is 26.0. The minimum Gasteiger partial charge on any atom is -0.497 e. The van der Waals surface area contributed by atoms with Crippen LogP contribution in [0.1, 0.15) is 25.8 Å². The topological polar surface area (TPSA) is 102 Å². The van der Waals surface area contributed by atoms with Crippen LogP contribution in [-0.2, 0) is 25.8 Å². The third kappa shape index (κ3) is 4.66. The Morgan fingerprint density at radius 3 is 2.52 bits per heavy atom. The number of sulfone groups is 1. The Kier molecular flexibility index (Phi) is 6.54. The van der Waals surface area contributed by atoms with Crippen molar-refractivity contribution in [3.63, 3.8) is 0 Å². The summed E-state index contributed by atoms with van der Waals surface area (Å²) >= 11 is 0. The molecule has 0 saturated carbocycles. The number of nitrogens with zero attached hydrogens (tertiary/aromatic N) is 1. The van der Waals surface area contributed by atoms with Gasteiger partial charge in [0.2, 0.25) is 11.8 Å². The maximum atomic E-state index is 13.1. The molecule has 8 nitrogen and oxygen atoms in total. The maximum absolute atomic E-state index is 13.1. The zero-order valence-corrected chi connectivity index (χ0v) is 18.8. The van der Waals surface area contributed by atoms with Crippen LogP contribution >= 0.6 is 0 Å². The lowest BCUT2D eigenvalue weighted by Crippen LogP contribution is -2.26. The molecule has 9 heteroatoms. The molecule has 1 aliphatic heterocycles. The van der Waals surface area contributed by atoms with Crippen LogP contribution < -0.4 is 19.7 Å². The third-order valence-electron chi connectivity index (χ3n) is 5.34. The zero-order chi connectivity index (χ0) is 22.8. The number of anilines is 2. The number of ether oxygens (including phenoxy) is 2. The van der Waals surface area contributed by atoms with Gasteiger partial charge in [-0.2, -0.15) is 0 Å². The van der Waals surface area contributed by atoms with E-state index in [1.165, 1.54) is 34.1 Å². The molecule has 0 bridgehead atoms. The molecule has 0 aliphatic carbocycles. The number of hydrogen-bond donors (Lipinski definition) is 1. The van der Waals surface area contributed by atoms with Crippen molar-refractivity contribution in [3.8, 4) is 11.5 Å². The summed E-state index contributed by atoms with van der Waals surface area (Å²) in [6, 6.07) is 9.72. The fourth-order valence-corrected chi connectivity index (χ4v) is 5.00. The van der Waals surface area contributed by atoms with Crippen molar-refractivity contribution in [3.05, 3.63) is 42.0 Å². The first-order valence-corrected chi connectivity index (χ1v) is 11.4. The first kappa shape index (κ1) is 22.6. The number of nitrogens with one attached hydrogen (secondary N) is 1. The van der Waals surface area contributed by atoms with Gasteiger partial charge in [0.15, 0.2) is 9.84 Å². The molecule has 0 spiro atoms. The molecule has 166 valence electrons. The van der Waals surface area contributed by atoms with E-state index in [0.717, 1.165) is 11.3 Å². The summed E-state index contributed by atoms with van der Waals surface area (Å²) in [7, 11) is -0.748. The van der Waals surface area contributed by atoms with Gasteiger partial charge in [-0.3, -0.25) is 9.59 Å². The Morgan fingerprint density at radius 1 is 1.13 bits per heavy atom. The van der Waals surface area contributed by atoms with Gasteiger partial charge in [-0.05, 0) is 49.2 Å². The number of carbonyl (C=O) groups excluding carboxylic acids is 2. The fourth-order valence-electron chi connectivity index (χ4n) is 3.60. The Balaban J connectivity index is 1.75. The number of rotatable bonds is 7. The monoisotopic (exact) mass is 446 g/mol. The van der Waals surface area contributed by atoms with E-state index in [2.05, 4.69) is 5.32 Å². The van der Waals surface area contributed by atoms with Crippen LogP contribution in [0.2, 0.25) is 0 Å². The van der Waals surface area contributed by atoms with Crippen molar-refractivity contribution in [2.45, 2.75) is 36.8 Å². The van der Waals surface area contributed by atoms with Crippen LogP contribution in [-0.4, -0.2) is 46.2 Å². The van der Waals surface area contributed by atoms with E-state index in [1.807, 2.05) is 0 Å². The van der Waals surface area contributed by atoms with Gasteiger partial charge in [0.25, 0.3) is 0 Å². The lowest BCUT2D eigenvalue weighted by molar-refractivity contribution is -0.117.